The van der Waals surface area contributed by atoms with Crippen LogP contribution in [0, 0.1) is 5.92 Å². The number of nitrogens with zero attached hydrogens (tertiary/aromatic N) is 1. The number of hydrogen-bond donors (Lipinski definition) is 1. The van der Waals surface area contributed by atoms with Crippen LogP contribution >= 0.6 is 0 Å². The van der Waals surface area contributed by atoms with Crippen LogP contribution in [-0.4, -0.2) is 38.8 Å². The number of nitrogens with two attached hydrogens (primary N) is 1. The Morgan fingerprint density at radius 3 is 2.53 bits per heavy atom. The van der Waals surface area contributed by atoms with Crippen molar-refractivity contribution in [3.05, 3.63) is 23.8 Å². The molecule has 0 bridgehead atoms. The average Bonchev–Trinajstić information content (AvgIpc) is 2.34. The van der Waals surface area contributed by atoms with Crippen molar-refractivity contribution in [2.45, 2.75) is 20.4 Å². The quantitative estimate of drug-likeness (QED) is 0.734. The predicted octanol–water partition coefficient (Wildman–Crippen LogP) is 2.38. The third kappa shape index (κ3) is 5.94. The molecule has 1 rings (SSSR count). The van der Waals surface area contributed by atoms with Crippen LogP contribution in [0.1, 0.15) is 19.4 Å². The fourth-order valence-corrected chi connectivity index (χ4v) is 2.13. The summed E-state index contributed by atoms with van der Waals surface area (Å²) in [6, 6.07) is 5.88. The molecule has 1 aromatic carbocycles. The van der Waals surface area contributed by atoms with E-state index in [1.54, 1.807) is 14.2 Å². The molecule has 0 heterocycles. The van der Waals surface area contributed by atoms with E-state index in [-0.39, 0.29) is 0 Å². The van der Waals surface area contributed by atoms with Crippen molar-refractivity contribution in [3.8, 4) is 5.75 Å². The van der Waals surface area contributed by atoms with Crippen molar-refractivity contribution in [1.29, 1.82) is 0 Å². The molecule has 0 amide bonds. The zero-order valence-corrected chi connectivity index (χ0v) is 12.5. The molecule has 108 valence electrons. The molecule has 0 aliphatic rings. The minimum atomic E-state index is 0.625. The molecule has 0 unspecified atom stereocenters. The zero-order chi connectivity index (χ0) is 14.3. The molecular formula is C15H26N2O2. The molecule has 1 aromatic rings. The van der Waals surface area contributed by atoms with E-state index in [0.29, 0.717) is 5.92 Å². The van der Waals surface area contributed by atoms with E-state index in [1.807, 2.05) is 18.2 Å². The highest BCUT2D eigenvalue weighted by molar-refractivity contribution is 5.47. The molecule has 4 nitrogen and oxygen atoms in total. The fraction of sp³-hybridized carbons (Fsp3) is 0.600. The first-order valence-electron chi connectivity index (χ1n) is 6.70. The molecule has 2 N–H and O–H groups in total. The van der Waals surface area contributed by atoms with E-state index in [1.165, 1.54) is 5.56 Å². The van der Waals surface area contributed by atoms with Gasteiger partial charge < -0.3 is 15.2 Å². The molecule has 0 aliphatic carbocycles. The Labute approximate surface area is 116 Å². The minimum absolute atomic E-state index is 0.625. The lowest BCUT2D eigenvalue weighted by Gasteiger charge is -2.24. The van der Waals surface area contributed by atoms with Gasteiger partial charge in [0.1, 0.15) is 5.75 Å². The van der Waals surface area contributed by atoms with Crippen molar-refractivity contribution in [1.82, 2.24) is 4.90 Å². The van der Waals surface area contributed by atoms with Crippen LogP contribution in [0.2, 0.25) is 0 Å². The fourth-order valence-electron chi connectivity index (χ4n) is 2.13. The lowest BCUT2D eigenvalue weighted by Crippen LogP contribution is -2.30. The monoisotopic (exact) mass is 266 g/mol. The normalized spacial score (nSPS) is 11.3. The van der Waals surface area contributed by atoms with Crippen LogP contribution in [-0.2, 0) is 11.3 Å². The van der Waals surface area contributed by atoms with Crippen molar-refractivity contribution < 1.29 is 9.47 Å². The number of hydrogen-bond acceptors (Lipinski definition) is 4. The molecule has 0 radical (unpaired) electrons. The number of anilines is 1. The van der Waals surface area contributed by atoms with Gasteiger partial charge in [0.05, 0.1) is 13.7 Å². The molecular weight excluding hydrogens is 240 g/mol. The summed E-state index contributed by atoms with van der Waals surface area (Å²) in [5.74, 6) is 1.44. The van der Waals surface area contributed by atoms with Crippen molar-refractivity contribution in [3.63, 3.8) is 0 Å². The largest absolute Gasteiger partial charge is 0.497 e. The van der Waals surface area contributed by atoms with Gasteiger partial charge in [0.2, 0.25) is 0 Å². The third-order valence-electron chi connectivity index (χ3n) is 2.87. The van der Waals surface area contributed by atoms with Crippen molar-refractivity contribution in [2.75, 3.05) is 39.6 Å². The number of methoxy groups -OCH3 is 2. The lowest BCUT2D eigenvalue weighted by atomic mass is 10.1. The maximum atomic E-state index is 5.89. The first-order valence-corrected chi connectivity index (χ1v) is 6.70. The molecule has 0 spiro atoms. The van der Waals surface area contributed by atoms with E-state index < -0.39 is 0 Å². The summed E-state index contributed by atoms with van der Waals surface area (Å²) in [6.45, 7) is 8.01. The van der Waals surface area contributed by atoms with E-state index in [4.69, 9.17) is 15.2 Å². The lowest BCUT2D eigenvalue weighted by molar-refractivity contribution is 0.136. The van der Waals surface area contributed by atoms with Crippen LogP contribution in [0.4, 0.5) is 5.69 Å². The summed E-state index contributed by atoms with van der Waals surface area (Å²) in [5, 5.41) is 0. The highest BCUT2D eigenvalue weighted by Gasteiger charge is 2.09. The SMILES string of the molecule is COCCN(Cc1cc(N)cc(OC)c1)CC(C)C. The molecule has 0 saturated carbocycles. The van der Waals surface area contributed by atoms with Gasteiger partial charge >= 0.3 is 0 Å². The summed E-state index contributed by atoms with van der Waals surface area (Å²) in [6.07, 6.45) is 0. The van der Waals surface area contributed by atoms with Crippen LogP contribution in [0.3, 0.4) is 0 Å². The van der Waals surface area contributed by atoms with Gasteiger partial charge in [-0.15, -0.1) is 0 Å². The maximum absolute atomic E-state index is 5.89. The molecule has 0 aromatic heterocycles. The van der Waals surface area contributed by atoms with E-state index in [0.717, 1.165) is 37.7 Å². The maximum Gasteiger partial charge on any atom is 0.121 e. The third-order valence-corrected chi connectivity index (χ3v) is 2.87. The molecule has 0 fully saturated rings. The molecule has 4 heteroatoms. The van der Waals surface area contributed by atoms with Gasteiger partial charge in [-0.3, -0.25) is 4.90 Å². The summed E-state index contributed by atoms with van der Waals surface area (Å²) >= 11 is 0. The van der Waals surface area contributed by atoms with Crippen molar-refractivity contribution >= 4 is 5.69 Å². The summed E-state index contributed by atoms with van der Waals surface area (Å²) in [7, 11) is 3.40. The topological polar surface area (TPSA) is 47.7 Å². The van der Waals surface area contributed by atoms with Gasteiger partial charge in [-0.1, -0.05) is 13.8 Å². The highest BCUT2D eigenvalue weighted by Crippen LogP contribution is 2.20. The molecule has 0 atom stereocenters. The second-order valence-corrected chi connectivity index (χ2v) is 5.24. The first kappa shape index (κ1) is 15.8. The predicted molar refractivity (Wildman–Crippen MR) is 79.4 cm³/mol. The van der Waals surface area contributed by atoms with Gasteiger partial charge in [0, 0.05) is 38.5 Å². The highest BCUT2D eigenvalue weighted by atomic mass is 16.5. The molecule has 0 saturated heterocycles. The Balaban J connectivity index is 2.73. The van der Waals surface area contributed by atoms with Crippen LogP contribution in [0.25, 0.3) is 0 Å². The van der Waals surface area contributed by atoms with Gasteiger partial charge in [-0.2, -0.15) is 0 Å². The second-order valence-electron chi connectivity index (χ2n) is 5.24. The summed E-state index contributed by atoms with van der Waals surface area (Å²) in [4.78, 5) is 2.38. The van der Waals surface area contributed by atoms with Crippen LogP contribution < -0.4 is 10.5 Å². The average molecular weight is 266 g/mol. The van der Waals surface area contributed by atoms with Crippen LogP contribution in [0.5, 0.6) is 5.75 Å². The Hall–Kier alpha value is -1.26. The van der Waals surface area contributed by atoms with Crippen molar-refractivity contribution in [2.24, 2.45) is 5.92 Å². The van der Waals surface area contributed by atoms with Gasteiger partial charge in [0.15, 0.2) is 0 Å². The standard InChI is InChI=1S/C15H26N2O2/c1-12(2)10-17(5-6-18-3)11-13-7-14(16)9-15(8-13)19-4/h7-9,12H,5-6,10-11,16H2,1-4H3. The second kappa shape index (κ2) is 8.02. The smallest absolute Gasteiger partial charge is 0.121 e. The Morgan fingerprint density at radius 2 is 1.95 bits per heavy atom. The number of ether oxygens (including phenoxy) is 2. The minimum Gasteiger partial charge on any atom is -0.497 e. The number of nitrogen functional groups attached to an aromatic ring is 1. The molecule has 19 heavy (non-hydrogen) atoms. The van der Waals surface area contributed by atoms with E-state index in [2.05, 4.69) is 18.7 Å². The zero-order valence-electron chi connectivity index (χ0n) is 12.5. The Kier molecular flexibility index (Phi) is 6.67. The Morgan fingerprint density at radius 1 is 1.21 bits per heavy atom. The number of benzene rings is 1. The Bertz CT molecular complexity index is 380. The van der Waals surface area contributed by atoms with Gasteiger partial charge in [-0.25, -0.2) is 0 Å². The number of rotatable bonds is 8. The summed E-state index contributed by atoms with van der Waals surface area (Å²) < 4.78 is 10.4. The van der Waals surface area contributed by atoms with E-state index in [9.17, 15) is 0 Å². The van der Waals surface area contributed by atoms with E-state index >= 15 is 0 Å². The van der Waals surface area contributed by atoms with Gasteiger partial charge in [-0.05, 0) is 23.6 Å². The first-order chi connectivity index (χ1) is 9.05. The van der Waals surface area contributed by atoms with Crippen LogP contribution in [0.15, 0.2) is 18.2 Å². The summed E-state index contributed by atoms with van der Waals surface area (Å²) in [5.41, 5.74) is 7.80. The molecule has 0 aliphatic heterocycles. The van der Waals surface area contributed by atoms with Gasteiger partial charge in [0.25, 0.3) is 0 Å².